The fourth-order valence-electron chi connectivity index (χ4n) is 3.60. The molecule has 1 amide bonds. The Labute approximate surface area is 153 Å². The van der Waals surface area contributed by atoms with Gasteiger partial charge in [0.25, 0.3) is 0 Å². The molecule has 1 aliphatic rings. The van der Waals surface area contributed by atoms with Gasteiger partial charge < -0.3 is 9.47 Å². The lowest BCUT2D eigenvalue weighted by molar-refractivity contribution is -0.132. The predicted octanol–water partition coefficient (Wildman–Crippen LogP) is 4.58. The van der Waals surface area contributed by atoms with Crippen molar-refractivity contribution in [2.45, 2.75) is 51.2 Å². The van der Waals surface area contributed by atoms with E-state index < -0.39 is 0 Å². The molecular weight excluding hydrogens is 339 g/mol. The van der Waals surface area contributed by atoms with Gasteiger partial charge in [0.1, 0.15) is 11.7 Å². The molecule has 0 spiro atoms. The van der Waals surface area contributed by atoms with Crippen molar-refractivity contribution in [2.24, 2.45) is 0 Å². The van der Waals surface area contributed by atoms with Crippen molar-refractivity contribution in [3.8, 4) is 0 Å². The Bertz CT molecular complexity index is 692. The number of halogens is 2. The second-order valence-corrected chi connectivity index (χ2v) is 6.97. The molecule has 0 radical (unpaired) electrons. The Morgan fingerprint density at radius 2 is 1.88 bits per heavy atom. The molecule has 0 aliphatic heterocycles. The van der Waals surface area contributed by atoms with Crippen LogP contribution in [0.2, 0.25) is 0 Å². The highest BCUT2D eigenvalue weighted by molar-refractivity contribution is 6.27. The fraction of sp³-hybridized carbons (Fsp3) is 0.450. The molecule has 1 saturated carbocycles. The molecule has 134 valence electrons. The Morgan fingerprint density at radius 1 is 1.16 bits per heavy atom. The van der Waals surface area contributed by atoms with Gasteiger partial charge in [-0.05, 0) is 42.7 Å². The van der Waals surface area contributed by atoms with E-state index in [-0.39, 0.29) is 23.6 Å². The van der Waals surface area contributed by atoms with Crippen molar-refractivity contribution < 1.29 is 9.18 Å². The standard InChI is InChI=1S/C20H24ClFN2O/c21-13-20(25)24(18-5-2-1-3-6-18)15-19-7-4-12-23(19)14-16-8-10-17(22)11-9-16/h4,7-12,18H,1-3,5-6,13-15H2. The third-order valence-corrected chi connectivity index (χ3v) is 5.20. The maximum atomic E-state index is 13.1. The van der Waals surface area contributed by atoms with Gasteiger partial charge in [-0.2, -0.15) is 0 Å². The summed E-state index contributed by atoms with van der Waals surface area (Å²) in [5, 5.41) is 0. The average molecular weight is 363 g/mol. The molecule has 0 bridgehead atoms. The van der Waals surface area contributed by atoms with Gasteiger partial charge in [0, 0.05) is 24.5 Å². The molecule has 1 aromatic heterocycles. The van der Waals surface area contributed by atoms with Crippen molar-refractivity contribution in [3.05, 3.63) is 59.7 Å². The molecule has 2 aromatic rings. The smallest absolute Gasteiger partial charge is 0.238 e. The maximum absolute atomic E-state index is 13.1. The summed E-state index contributed by atoms with van der Waals surface area (Å²) < 4.78 is 15.2. The molecule has 0 atom stereocenters. The summed E-state index contributed by atoms with van der Waals surface area (Å²) in [4.78, 5) is 14.3. The molecule has 3 nitrogen and oxygen atoms in total. The van der Waals surface area contributed by atoms with Gasteiger partial charge in [-0.15, -0.1) is 11.6 Å². The highest BCUT2D eigenvalue weighted by Gasteiger charge is 2.25. The predicted molar refractivity (Wildman–Crippen MR) is 98.1 cm³/mol. The van der Waals surface area contributed by atoms with Gasteiger partial charge in [-0.25, -0.2) is 4.39 Å². The molecule has 1 aromatic carbocycles. The van der Waals surface area contributed by atoms with E-state index in [9.17, 15) is 9.18 Å². The van der Waals surface area contributed by atoms with Crippen LogP contribution in [0.4, 0.5) is 4.39 Å². The number of carbonyl (C=O) groups excluding carboxylic acids is 1. The minimum absolute atomic E-state index is 0.00287. The zero-order valence-electron chi connectivity index (χ0n) is 14.3. The topological polar surface area (TPSA) is 25.2 Å². The number of hydrogen-bond acceptors (Lipinski definition) is 1. The van der Waals surface area contributed by atoms with Crippen molar-refractivity contribution in [1.82, 2.24) is 9.47 Å². The van der Waals surface area contributed by atoms with Crippen LogP contribution in [0.25, 0.3) is 0 Å². The molecule has 0 N–H and O–H groups in total. The largest absolute Gasteiger partial charge is 0.345 e. The Kier molecular flexibility index (Phi) is 6.14. The van der Waals surface area contributed by atoms with Gasteiger partial charge in [0.05, 0.1) is 6.54 Å². The first-order valence-electron chi connectivity index (χ1n) is 8.91. The lowest BCUT2D eigenvalue weighted by Crippen LogP contribution is -2.42. The van der Waals surface area contributed by atoms with Crippen LogP contribution >= 0.6 is 11.6 Å². The first-order chi connectivity index (χ1) is 12.2. The fourth-order valence-corrected chi connectivity index (χ4v) is 3.75. The zero-order valence-corrected chi connectivity index (χ0v) is 15.1. The van der Waals surface area contributed by atoms with Crippen molar-refractivity contribution in [1.29, 1.82) is 0 Å². The molecular formula is C20H24ClFN2O. The van der Waals surface area contributed by atoms with Crippen LogP contribution < -0.4 is 0 Å². The average Bonchev–Trinajstić information content (AvgIpc) is 3.08. The van der Waals surface area contributed by atoms with Gasteiger partial charge in [-0.3, -0.25) is 4.79 Å². The SMILES string of the molecule is O=C(CCl)N(Cc1cccn1Cc1ccc(F)cc1)C1CCCCC1. The van der Waals surface area contributed by atoms with E-state index in [1.165, 1.54) is 31.4 Å². The number of rotatable bonds is 6. The first-order valence-corrected chi connectivity index (χ1v) is 9.44. The third-order valence-electron chi connectivity index (χ3n) is 4.97. The van der Waals surface area contributed by atoms with E-state index >= 15 is 0 Å². The minimum Gasteiger partial charge on any atom is -0.345 e. The van der Waals surface area contributed by atoms with E-state index in [0.29, 0.717) is 13.1 Å². The molecule has 1 fully saturated rings. The summed E-state index contributed by atoms with van der Waals surface area (Å²) in [5.41, 5.74) is 2.11. The second-order valence-electron chi connectivity index (χ2n) is 6.70. The van der Waals surface area contributed by atoms with Crippen LogP contribution in [0.5, 0.6) is 0 Å². The van der Waals surface area contributed by atoms with Crippen molar-refractivity contribution in [3.63, 3.8) is 0 Å². The van der Waals surface area contributed by atoms with E-state index in [1.54, 1.807) is 12.1 Å². The molecule has 3 rings (SSSR count). The maximum Gasteiger partial charge on any atom is 0.238 e. The van der Waals surface area contributed by atoms with Crippen LogP contribution in [0.3, 0.4) is 0 Å². The van der Waals surface area contributed by atoms with Crippen LogP contribution in [0.1, 0.15) is 43.4 Å². The summed E-state index contributed by atoms with van der Waals surface area (Å²) >= 11 is 5.86. The molecule has 25 heavy (non-hydrogen) atoms. The van der Waals surface area contributed by atoms with Crippen LogP contribution in [0.15, 0.2) is 42.6 Å². The highest BCUT2D eigenvalue weighted by Crippen LogP contribution is 2.25. The zero-order chi connectivity index (χ0) is 17.6. The summed E-state index contributed by atoms with van der Waals surface area (Å²) in [6.07, 6.45) is 7.71. The van der Waals surface area contributed by atoms with Gasteiger partial charge in [0.2, 0.25) is 5.91 Å². The van der Waals surface area contributed by atoms with Crippen LogP contribution in [-0.4, -0.2) is 27.3 Å². The number of benzene rings is 1. The second kappa shape index (κ2) is 8.52. The monoisotopic (exact) mass is 362 g/mol. The Hall–Kier alpha value is -1.81. The van der Waals surface area contributed by atoms with Crippen molar-refractivity contribution >= 4 is 17.5 Å². The molecule has 1 heterocycles. The minimum atomic E-state index is -0.229. The van der Waals surface area contributed by atoms with Gasteiger partial charge >= 0.3 is 0 Å². The number of amides is 1. The van der Waals surface area contributed by atoms with E-state index in [1.807, 2.05) is 23.2 Å². The third kappa shape index (κ3) is 4.63. The number of hydrogen-bond donors (Lipinski definition) is 0. The van der Waals surface area contributed by atoms with Gasteiger partial charge in [0.15, 0.2) is 0 Å². The Balaban J connectivity index is 1.75. The molecule has 1 aliphatic carbocycles. The highest BCUT2D eigenvalue weighted by atomic mass is 35.5. The molecule has 5 heteroatoms. The number of nitrogens with zero attached hydrogens (tertiary/aromatic N) is 2. The van der Waals surface area contributed by atoms with E-state index in [0.717, 1.165) is 24.1 Å². The van der Waals surface area contributed by atoms with Crippen LogP contribution in [0, 0.1) is 5.82 Å². The number of aromatic nitrogens is 1. The van der Waals surface area contributed by atoms with E-state index in [4.69, 9.17) is 11.6 Å². The summed E-state index contributed by atoms with van der Waals surface area (Å²) in [5.74, 6) is -0.203. The molecule has 0 saturated heterocycles. The quantitative estimate of drug-likeness (QED) is 0.691. The van der Waals surface area contributed by atoms with Crippen LogP contribution in [-0.2, 0) is 17.9 Å². The number of carbonyl (C=O) groups is 1. The lowest BCUT2D eigenvalue weighted by Gasteiger charge is -2.34. The summed E-state index contributed by atoms with van der Waals surface area (Å²) in [6.45, 7) is 1.24. The van der Waals surface area contributed by atoms with Crippen molar-refractivity contribution in [2.75, 3.05) is 5.88 Å². The molecule has 0 unspecified atom stereocenters. The van der Waals surface area contributed by atoms with Gasteiger partial charge in [-0.1, -0.05) is 31.4 Å². The number of alkyl halides is 1. The summed E-state index contributed by atoms with van der Waals surface area (Å²) in [7, 11) is 0. The summed E-state index contributed by atoms with van der Waals surface area (Å²) in [6, 6.07) is 10.9. The van der Waals surface area contributed by atoms with E-state index in [2.05, 4.69) is 4.57 Å². The normalized spacial score (nSPS) is 15.3. The lowest BCUT2D eigenvalue weighted by atomic mass is 9.94. The Morgan fingerprint density at radius 3 is 2.56 bits per heavy atom. The first kappa shape index (κ1) is 18.0.